The summed E-state index contributed by atoms with van der Waals surface area (Å²) in [6.45, 7) is 6.96. The Hall–Kier alpha value is -2.33. The van der Waals surface area contributed by atoms with E-state index in [0.29, 0.717) is 36.1 Å². The van der Waals surface area contributed by atoms with Crippen LogP contribution >= 0.6 is 11.5 Å². The van der Waals surface area contributed by atoms with Crippen molar-refractivity contribution in [3.63, 3.8) is 0 Å². The Morgan fingerprint density at radius 2 is 1.84 bits per heavy atom. The van der Waals surface area contributed by atoms with Crippen LogP contribution < -0.4 is 5.32 Å². The van der Waals surface area contributed by atoms with Crippen molar-refractivity contribution >= 4 is 33.2 Å². The van der Waals surface area contributed by atoms with Gasteiger partial charge < -0.3 is 10.2 Å². The highest BCUT2D eigenvalue weighted by atomic mass is 32.2. The number of carbonyl (C=O) groups is 2. The number of amides is 2. The molecule has 1 aliphatic heterocycles. The number of nitrogens with one attached hydrogen (secondary N) is 1. The molecule has 0 saturated carbocycles. The second-order valence-corrected chi connectivity index (χ2v) is 11.4. The molecule has 0 unspecified atom stereocenters. The maximum absolute atomic E-state index is 12.5. The van der Waals surface area contributed by atoms with E-state index in [-0.39, 0.29) is 23.1 Å². The minimum absolute atomic E-state index is 0.0158. The summed E-state index contributed by atoms with van der Waals surface area (Å²) in [5.41, 5.74) is 1.44. The molecule has 0 radical (unpaired) electrons. The van der Waals surface area contributed by atoms with Gasteiger partial charge in [0.05, 0.1) is 22.3 Å². The van der Waals surface area contributed by atoms with Gasteiger partial charge in [0.1, 0.15) is 4.88 Å². The molecule has 2 aromatic rings. The van der Waals surface area contributed by atoms with Gasteiger partial charge >= 0.3 is 0 Å². The molecule has 3 rings (SSSR count). The molecule has 0 atom stereocenters. The molecule has 2 heterocycles. The van der Waals surface area contributed by atoms with Crippen LogP contribution in [-0.2, 0) is 21.1 Å². The summed E-state index contributed by atoms with van der Waals surface area (Å²) < 4.78 is 28.2. The third-order valence-electron chi connectivity index (χ3n) is 5.57. The van der Waals surface area contributed by atoms with Crippen molar-refractivity contribution in [1.29, 1.82) is 0 Å². The Kier molecular flexibility index (Phi) is 7.42. The van der Waals surface area contributed by atoms with Crippen LogP contribution in [0.2, 0.25) is 0 Å². The van der Waals surface area contributed by atoms with Crippen LogP contribution in [0.25, 0.3) is 0 Å². The summed E-state index contributed by atoms with van der Waals surface area (Å²) in [5.74, 6) is 0.217. The Bertz CT molecular complexity index is 1020. The lowest BCUT2D eigenvalue weighted by atomic mass is 9.96. The molecule has 1 saturated heterocycles. The lowest BCUT2D eigenvalue weighted by Gasteiger charge is -2.31. The van der Waals surface area contributed by atoms with Crippen LogP contribution in [0.1, 0.15) is 47.6 Å². The molecular weight excluding hydrogens is 436 g/mol. The van der Waals surface area contributed by atoms with Crippen molar-refractivity contribution < 1.29 is 18.0 Å². The van der Waals surface area contributed by atoms with E-state index in [1.165, 1.54) is 0 Å². The SMILES string of the molecule is Cc1nnsc1C(=O)N1CCC(CNC(=O)Cc2ccc(S(=O)(=O)C(C)C)cc2)CC1. The number of carbonyl (C=O) groups excluding carboxylic acids is 2. The number of nitrogens with zero attached hydrogens (tertiary/aromatic N) is 3. The van der Waals surface area contributed by atoms with Crippen LogP contribution in [-0.4, -0.2) is 59.6 Å². The first-order valence-corrected chi connectivity index (χ1v) is 12.7. The predicted molar refractivity (Wildman–Crippen MR) is 119 cm³/mol. The van der Waals surface area contributed by atoms with Gasteiger partial charge in [0.25, 0.3) is 5.91 Å². The minimum Gasteiger partial charge on any atom is -0.356 e. The second kappa shape index (κ2) is 9.86. The number of piperidine rings is 1. The molecule has 1 N–H and O–H groups in total. The molecule has 1 fully saturated rings. The molecule has 8 nitrogen and oxygen atoms in total. The van der Waals surface area contributed by atoms with Gasteiger partial charge in [-0.3, -0.25) is 9.59 Å². The molecule has 2 amide bonds. The average Bonchev–Trinajstić information content (AvgIpc) is 3.18. The fourth-order valence-electron chi connectivity index (χ4n) is 3.49. The van der Waals surface area contributed by atoms with E-state index in [0.717, 1.165) is 29.9 Å². The van der Waals surface area contributed by atoms with E-state index < -0.39 is 15.1 Å². The van der Waals surface area contributed by atoms with Crippen molar-refractivity contribution in [3.05, 3.63) is 40.4 Å². The van der Waals surface area contributed by atoms with E-state index >= 15 is 0 Å². The van der Waals surface area contributed by atoms with Crippen molar-refractivity contribution in [2.75, 3.05) is 19.6 Å². The first-order chi connectivity index (χ1) is 14.7. The summed E-state index contributed by atoms with van der Waals surface area (Å²) in [6, 6.07) is 6.50. The first kappa shape index (κ1) is 23.3. The van der Waals surface area contributed by atoms with Crippen LogP contribution in [0.4, 0.5) is 0 Å². The number of aromatic nitrogens is 2. The molecule has 0 bridgehead atoms. The zero-order valence-corrected chi connectivity index (χ0v) is 19.6. The predicted octanol–water partition coefficient (Wildman–Crippen LogP) is 2.24. The van der Waals surface area contributed by atoms with Crippen molar-refractivity contribution in [3.8, 4) is 0 Å². The summed E-state index contributed by atoms with van der Waals surface area (Å²) in [7, 11) is -3.31. The van der Waals surface area contributed by atoms with E-state index in [2.05, 4.69) is 14.9 Å². The van der Waals surface area contributed by atoms with E-state index in [4.69, 9.17) is 0 Å². The van der Waals surface area contributed by atoms with Gasteiger partial charge in [-0.05, 0) is 68.8 Å². The van der Waals surface area contributed by atoms with Crippen molar-refractivity contribution in [2.24, 2.45) is 5.92 Å². The monoisotopic (exact) mass is 464 g/mol. The first-order valence-electron chi connectivity index (χ1n) is 10.4. The Morgan fingerprint density at radius 3 is 2.39 bits per heavy atom. The zero-order valence-electron chi connectivity index (χ0n) is 18.0. The number of hydrogen-bond acceptors (Lipinski definition) is 7. The lowest BCUT2D eigenvalue weighted by Crippen LogP contribution is -2.41. The minimum atomic E-state index is -3.31. The molecule has 1 aromatic carbocycles. The third kappa shape index (κ3) is 5.68. The standard InChI is InChI=1S/C21H28N4O4S2/c1-14(2)31(28,29)18-6-4-16(5-7-18)12-19(26)22-13-17-8-10-25(11-9-17)21(27)20-15(3)23-24-30-20/h4-7,14,17H,8-13H2,1-3H3,(H,22,26). The lowest BCUT2D eigenvalue weighted by molar-refractivity contribution is -0.120. The molecule has 168 valence electrons. The van der Waals surface area contributed by atoms with Crippen LogP contribution in [0.15, 0.2) is 29.2 Å². The molecule has 0 spiro atoms. The van der Waals surface area contributed by atoms with Gasteiger partial charge in [0.15, 0.2) is 9.84 Å². The largest absolute Gasteiger partial charge is 0.356 e. The molecule has 1 aromatic heterocycles. The zero-order chi connectivity index (χ0) is 22.6. The fourth-order valence-corrected chi connectivity index (χ4v) is 5.17. The summed E-state index contributed by atoms with van der Waals surface area (Å²) in [4.78, 5) is 27.5. The molecule has 1 aliphatic rings. The van der Waals surface area contributed by atoms with Gasteiger partial charge in [-0.25, -0.2) is 8.42 Å². The number of hydrogen-bond donors (Lipinski definition) is 1. The van der Waals surface area contributed by atoms with Gasteiger partial charge in [0, 0.05) is 19.6 Å². The van der Waals surface area contributed by atoms with Gasteiger partial charge in [-0.15, -0.1) is 5.10 Å². The summed E-state index contributed by atoms with van der Waals surface area (Å²) in [6.07, 6.45) is 1.87. The third-order valence-corrected chi connectivity index (χ3v) is 8.56. The number of aryl methyl sites for hydroxylation is 1. The molecule has 31 heavy (non-hydrogen) atoms. The Morgan fingerprint density at radius 1 is 1.19 bits per heavy atom. The summed E-state index contributed by atoms with van der Waals surface area (Å²) >= 11 is 1.13. The van der Waals surface area contributed by atoms with Crippen molar-refractivity contribution in [2.45, 2.75) is 50.2 Å². The number of benzene rings is 1. The maximum Gasteiger partial charge on any atom is 0.267 e. The topological polar surface area (TPSA) is 109 Å². The van der Waals surface area contributed by atoms with Crippen LogP contribution in [0.5, 0.6) is 0 Å². The van der Waals surface area contributed by atoms with Gasteiger partial charge in [0.2, 0.25) is 5.91 Å². The number of sulfone groups is 1. The number of likely N-dealkylation sites (tertiary alicyclic amines) is 1. The van der Waals surface area contributed by atoms with Crippen LogP contribution in [0, 0.1) is 12.8 Å². The Labute approximate surface area is 187 Å². The highest BCUT2D eigenvalue weighted by Crippen LogP contribution is 2.21. The second-order valence-electron chi connectivity index (χ2n) is 8.14. The quantitative estimate of drug-likeness (QED) is 0.673. The maximum atomic E-state index is 12.5. The molecule has 0 aliphatic carbocycles. The van der Waals surface area contributed by atoms with Gasteiger partial charge in [-0.1, -0.05) is 16.6 Å². The smallest absolute Gasteiger partial charge is 0.267 e. The highest BCUT2D eigenvalue weighted by molar-refractivity contribution is 7.92. The van der Waals surface area contributed by atoms with Gasteiger partial charge in [-0.2, -0.15) is 0 Å². The Balaban J connectivity index is 1.44. The van der Waals surface area contributed by atoms with E-state index in [1.807, 2.05) is 4.90 Å². The normalized spacial score (nSPS) is 15.3. The number of rotatable bonds is 7. The molecule has 10 heteroatoms. The average molecular weight is 465 g/mol. The van der Waals surface area contributed by atoms with E-state index in [9.17, 15) is 18.0 Å². The van der Waals surface area contributed by atoms with Crippen molar-refractivity contribution in [1.82, 2.24) is 19.8 Å². The summed E-state index contributed by atoms with van der Waals surface area (Å²) in [5, 5.41) is 6.38. The molecular formula is C21H28N4O4S2. The highest BCUT2D eigenvalue weighted by Gasteiger charge is 2.26. The fraction of sp³-hybridized carbons (Fsp3) is 0.524. The van der Waals surface area contributed by atoms with Crippen LogP contribution in [0.3, 0.4) is 0 Å². The van der Waals surface area contributed by atoms with E-state index in [1.54, 1.807) is 45.0 Å².